The highest BCUT2D eigenvalue weighted by atomic mass is 16.5. The maximum Gasteiger partial charge on any atom is 0.227 e. The Morgan fingerprint density at radius 2 is 2.12 bits per heavy atom. The lowest BCUT2D eigenvalue weighted by Gasteiger charge is -2.24. The van der Waals surface area contributed by atoms with Crippen LogP contribution in [0.4, 0.5) is 5.82 Å². The number of likely N-dealkylation sites (tertiary alicyclic amines) is 1. The summed E-state index contributed by atoms with van der Waals surface area (Å²) in [6.07, 6.45) is 3.06. The van der Waals surface area contributed by atoms with E-state index in [4.69, 9.17) is 15.2 Å². The molecule has 1 aromatic carbocycles. The van der Waals surface area contributed by atoms with Gasteiger partial charge in [0, 0.05) is 27.0 Å². The average molecular weight is 358 g/mol. The number of hydrogen-bond acceptors (Lipinski definition) is 5. The minimum atomic E-state index is 0.0499. The first-order valence-electron chi connectivity index (χ1n) is 8.77. The molecule has 1 fully saturated rings. The van der Waals surface area contributed by atoms with Gasteiger partial charge in [0.25, 0.3) is 0 Å². The second kappa shape index (κ2) is 8.33. The minimum Gasteiger partial charge on any atom is -0.382 e. The second-order valence-corrected chi connectivity index (χ2v) is 6.69. The predicted octanol–water partition coefficient (Wildman–Crippen LogP) is 1.47. The van der Waals surface area contributed by atoms with Crippen molar-refractivity contribution in [2.75, 3.05) is 26.5 Å². The summed E-state index contributed by atoms with van der Waals surface area (Å²) < 4.78 is 12.5. The van der Waals surface area contributed by atoms with E-state index < -0.39 is 0 Å². The van der Waals surface area contributed by atoms with Gasteiger partial charge in [-0.05, 0) is 23.6 Å². The number of nitrogen functional groups attached to an aromatic ring is 1. The highest BCUT2D eigenvalue weighted by Gasteiger charge is 2.35. The highest BCUT2D eigenvalue weighted by molar-refractivity contribution is 5.79. The quantitative estimate of drug-likeness (QED) is 0.810. The van der Waals surface area contributed by atoms with Crippen LogP contribution in [0.5, 0.6) is 0 Å². The van der Waals surface area contributed by atoms with Crippen LogP contribution in [0.1, 0.15) is 17.5 Å². The van der Waals surface area contributed by atoms with Crippen LogP contribution in [0.25, 0.3) is 0 Å². The summed E-state index contributed by atoms with van der Waals surface area (Å²) in [5, 5.41) is 4.24. The van der Waals surface area contributed by atoms with Gasteiger partial charge in [-0.1, -0.05) is 24.3 Å². The number of hydrogen-bond donors (Lipinski definition) is 1. The summed E-state index contributed by atoms with van der Waals surface area (Å²) in [5.41, 5.74) is 7.75. The largest absolute Gasteiger partial charge is 0.382 e. The predicted molar refractivity (Wildman–Crippen MR) is 98.4 cm³/mol. The van der Waals surface area contributed by atoms with E-state index in [-0.39, 0.29) is 18.1 Å². The molecule has 2 atom stereocenters. The van der Waals surface area contributed by atoms with Crippen molar-refractivity contribution in [1.82, 2.24) is 14.7 Å². The van der Waals surface area contributed by atoms with Gasteiger partial charge >= 0.3 is 0 Å². The number of nitrogens with two attached hydrogens (primary N) is 1. The highest BCUT2D eigenvalue weighted by Crippen LogP contribution is 2.23. The summed E-state index contributed by atoms with van der Waals surface area (Å²) in [7, 11) is 3.36. The lowest BCUT2D eigenvalue weighted by Crippen LogP contribution is -2.39. The Hall–Kier alpha value is -2.38. The van der Waals surface area contributed by atoms with Crippen LogP contribution in [0.15, 0.2) is 36.5 Å². The normalized spacial score (nSPS) is 19.8. The van der Waals surface area contributed by atoms with Crippen molar-refractivity contribution >= 4 is 11.7 Å². The molecule has 1 aliphatic heterocycles. The third-order valence-corrected chi connectivity index (χ3v) is 4.75. The Morgan fingerprint density at radius 3 is 2.81 bits per heavy atom. The molecule has 2 N–H and O–H groups in total. The molecule has 1 aliphatic rings. The zero-order chi connectivity index (χ0) is 18.5. The Bertz CT molecular complexity index is 746. The average Bonchev–Trinajstić information content (AvgIpc) is 3.22. The van der Waals surface area contributed by atoms with Crippen LogP contribution < -0.4 is 5.73 Å². The summed E-state index contributed by atoms with van der Waals surface area (Å²) in [6.45, 7) is 1.77. The molecule has 7 heteroatoms. The van der Waals surface area contributed by atoms with Crippen LogP contribution in [-0.4, -0.2) is 53.5 Å². The molecule has 0 unspecified atom stereocenters. The SMILES string of the molecule is COCc1cccc(CC(=O)N2C[C@@H](OC)C[C@H]2Cn2ccc(N)n2)c1. The van der Waals surface area contributed by atoms with Gasteiger partial charge in [0.15, 0.2) is 0 Å². The van der Waals surface area contributed by atoms with Crippen molar-refractivity contribution < 1.29 is 14.3 Å². The molecule has 2 aromatic rings. The lowest BCUT2D eigenvalue weighted by atomic mass is 10.1. The van der Waals surface area contributed by atoms with Gasteiger partial charge < -0.3 is 20.1 Å². The summed E-state index contributed by atoms with van der Waals surface area (Å²) >= 11 is 0. The first-order valence-corrected chi connectivity index (χ1v) is 8.77. The van der Waals surface area contributed by atoms with E-state index in [1.807, 2.05) is 35.4 Å². The fraction of sp³-hybridized carbons (Fsp3) is 0.474. The summed E-state index contributed by atoms with van der Waals surface area (Å²) in [4.78, 5) is 14.8. The minimum absolute atomic E-state index is 0.0499. The van der Waals surface area contributed by atoms with Crippen molar-refractivity contribution in [1.29, 1.82) is 0 Å². The molecule has 0 radical (unpaired) electrons. The van der Waals surface area contributed by atoms with Crippen LogP contribution in [-0.2, 0) is 33.8 Å². The van der Waals surface area contributed by atoms with Crippen LogP contribution in [0.2, 0.25) is 0 Å². The summed E-state index contributed by atoms with van der Waals surface area (Å²) in [6, 6.07) is 9.77. The number of aromatic nitrogens is 2. The van der Waals surface area contributed by atoms with Crippen LogP contribution >= 0.6 is 0 Å². The molecular weight excluding hydrogens is 332 g/mol. The van der Waals surface area contributed by atoms with Gasteiger partial charge in [-0.25, -0.2) is 0 Å². The van der Waals surface area contributed by atoms with Gasteiger partial charge in [-0.15, -0.1) is 0 Å². The molecular formula is C19H26N4O3. The van der Waals surface area contributed by atoms with Crippen LogP contribution in [0.3, 0.4) is 0 Å². The van der Waals surface area contributed by atoms with E-state index in [1.54, 1.807) is 25.0 Å². The molecule has 1 amide bonds. The van der Waals surface area contributed by atoms with Gasteiger partial charge in [0.1, 0.15) is 5.82 Å². The fourth-order valence-electron chi connectivity index (χ4n) is 3.49. The Kier molecular flexibility index (Phi) is 5.90. The number of amides is 1. The standard InChI is InChI=1S/C19H26N4O3/c1-25-13-15-5-3-4-14(8-15)9-19(24)23-12-17(26-2)10-16(23)11-22-7-6-18(20)21-22/h3-8,16-17H,9-13H2,1-2H3,(H2,20,21)/t16-,17-/m0/s1. The van der Waals surface area contributed by atoms with E-state index in [2.05, 4.69) is 5.10 Å². The van der Waals surface area contributed by atoms with Gasteiger partial charge in [0.05, 0.1) is 31.7 Å². The van der Waals surface area contributed by atoms with Crippen molar-refractivity contribution in [3.05, 3.63) is 47.7 Å². The molecule has 0 aliphatic carbocycles. The Labute approximate surface area is 153 Å². The summed E-state index contributed by atoms with van der Waals surface area (Å²) in [5.74, 6) is 0.586. The number of anilines is 1. The van der Waals surface area contributed by atoms with Crippen molar-refractivity contribution in [2.24, 2.45) is 0 Å². The third-order valence-electron chi connectivity index (χ3n) is 4.75. The molecule has 1 aromatic heterocycles. The topological polar surface area (TPSA) is 82.6 Å². The number of nitrogens with zero attached hydrogens (tertiary/aromatic N) is 3. The Morgan fingerprint density at radius 1 is 1.31 bits per heavy atom. The van der Waals surface area contributed by atoms with E-state index >= 15 is 0 Å². The molecule has 0 saturated carbocycles. The zero-order valence-corrected chi connectivity index (χ0v) is 15.3. The molecule has 3 rings (SSSR count). The van der Waals surface area contributed by atoms with E-state index in [1.165, 1.54) is 0 Å². The maximum absolute atomic E-state index is 12.9. The second-order valence-electron chi connectivity index (χ2n) is 6.69. The number of benzene rings is 1. The third kappa shape index (κ3) is 4.42. The fourth-order valence-corrected chi connectivity index (χ4v) is 3.49. The molecule has 140 valence electrons. The van der Waals surface area contributed by atoms with E-state index in [0.29, 0.717) is 31.9 Å². The van der Waals surface area contributed by atoms with Gasteiger partial charge in [-0.3, -0.25) is 9.48 Å². The van der Waals surface area contributed by atoms with Crippen molar-refractivity contribution in [3.8, 4) is 0 Å². The Balaban J connectivity index is 1.69. The van der Waals surface area contributed by atoms with Gasteiger partial charge in [0.2, 0.25) is 5.91 Å². The molecule has 1 saturated heterocycles. The zero-order valence-electron chi connectivity index (χ0n) is 15.3. The van der Waals surface area contributed by atoms with Crippen LogP contribution in [0, 0.1) is 0 Å². The molecule has 7 nitrogen and oxygen atoms in total. The first-order chi connectivity index (χ1) is 12.6. The molecule has 0 bridgehead atoms. The number of ether oxygens (including phenoxy) is 2. The molecule has 2 heterocycles. The van der Waals surface area contributed by atoms with Gasteiger partial charge in [-0.2, -0.15) is 5.10 Å². The van der Waals surface area contributed by atoms with Crippen molar-refractivity contribution in [3.63, 3.8) is 0 Å². The lowest BCUT2D eigenvalue weighted by molar-refractivity contribution is -0.131. The van der Waals surface area contributed by atoms with Crippen molar-refractivity contribution in [2.45, 2.75) is 38.1 Å². The number of methoxy groups -OCH3 is 2. The smallest absolute Gasteiger partial charge is 0.227 e. The maximum atomic E-state index is 12.9. The number of carbonyl (C=O) groups excluding carboxylic acids is 1. The molecule has 0 spiro atoms. The first kappa shape index (κ1) is 18.4. The monoisotopic (exact) mass is 358 g/mol. The van der Waals surface area contributed by atoms with E-state index in [0.717, 1.165) is 17.5 Å². The molecule has 26 heavy (non-hydrogen) atoms. The number of carbonyl (C=O) groups is 1. The number of rotatable bonds is 7. The van der Waals surface area contributed by atoms with E-state index in [9.17, 15) is 4.79 Å².